The second-order valence-electron chi connectivity index (χ2n) is 5.14. The molecule has 1 aliphatic heterocycles. The minimum absolute atomic E-state index is 0.338. The zero-order chi connectivity index (χ0) is 12.5. The fourth-order valence-electron chi connectivity index (χ4n) is 2.29. The molecule has 0 bridgehead atoms. The van der Waals surface area contributed by atoms with Crippen LogP contribution in [0.2, 0.25) is 0 Å². The first-order valence-electron chi connectivity index (χ1n) is 6.59. The van der Waals surface area contributed by atoms with E-state index in [2.05, 4.69) is 36.3 Å². The van der Waals surface area contributed by atoms with Gasteiger partial charge in [0.15, 0.2) is 11.5 Å². The Kier molecular flexibility index (Phi) is 3.04. The maximum atomic E-state index is 5.43. The Morgan fingerprint density at radius 2 is 2.00 bits per heavy atom. The van der Waals surface area contributed by atoms with Crippen LogP contribution in [0.3, 0.4) is 0 Å². The molecule has 0 amide bonds. The fourth-order valence-corrected chi connectivity index (χ4v) is 2.29. The SMILES string of the molecule is Cc1cc2c(cc1N(C)CCNC1CC1)OCO2. The highest BCUT2D eigenvalue weighted by molar-refractivity contribution is 5.61. The molecule has 0 atom stereocenters. The van der Waals surface area contributed by atoms with Crippen LogP contribution < -0.4 is 19.7 Å². The van der Waals surface area contributed by atoms with Gasteiger partial charge in [-0.05, 0) is 31.4 Å². The van der Waals surface area contributed by atoms with Gasteiger partial charge in [-0.1, -0.05) is 0 Å². The van der Waals surface area contributed by atoms with Crippen LogP contribution in [0.5, 0.6) is 11.5 Å². The Morgan fingerprint density at radius 1 is 1.28 bits per heavy atom. The Hall–Kier alpha value is -1.42. The highest BCUT2D eigenvalue weighted by Gasteiger charge is 2.20. The molecule has 0 saturated heterocycles. The van der Waals surface area contributed by atoms with Crippen molar-refractivity contribution in [3.05, 3.63) is 17.7 Å². The van der Waals surface area contributed by atoms with Crippen molar-refractivity contribution >= 4 is 5.69 Å². The number of hydrogen-bond acceptors (Lipinski definition) is 4. The molecule has 18 heavy (non-hydrogen) atoms. The Bertz CT molecular complexity index is 444. The summed E-state index contributed by atoms with van der Waals surface area (Å²) in [7, 11) is 2.12. The molecule has 3 rings (SSSR count). The summed E-state index contributed by atoms with van der Waals surface area (Å²) in [6.45, 7) is 4.50. The lowest BCUT2D eigenvalue weighted by Gasteiger charge is -2.22. The third-order valence-electron chi connectivity index (χ3n) is 3.56. The van der Waals surface area contributed by atoms with Crippen LogP contribution >= 0.6 is 0 Å². The molecular weight excluding hydrogens is 228 g/mol. The van der Waals surface area contributed by atoms with Crippen LogP contribution in [0.25, 0.3) is 0 Å². The van der Waals surface area contributed by atoms with E-state index in [1.165, 1.54) is 24.1 Å². The van der Waals surface area contributed by atoms with Crippen LogP contribution in [0.1, 0.15) is 18.4 Å². The van der Waals surface area contributed by atoms with Crippen molar-refractivity contribution in [2.45, 2.75) is 25.8 Å². The third-order valence-corrected chi connectivity index (χ3v) is 3.56. The smallest absolute Gasteiger partial charge is 0.231 e. The molecule has 4 nitrogen and oxygen atoms in total. The highest BCUT2D eigenvalue weighted by Crippen LogP contribution is 2.37. The molecule has 4 heteroatoms. The predicted molar refractivity (Wildman–Crippen MR) is 71.6 cm³/mol. The van der Waals surface area contributed by atoms with Gasteiger partial charge in [-0.3, -0.25) is 0 Å². The average Bonchev–Trinajstić information content (AvgIpc) is 3.05. The number of aryl methyl sites for hydroxylation is 1. The summed E-state index contributed by atoms with van der Waals surface area (Å²) in [4.78, 5) is 2.27. The minimum atomic E-state index is 0.338. The van der Waals surface area contributed by atoms with Crippen molar-refractivity contribution in [1.82, 2.24) is 5.32 Å². The predicted octanol–water partition coefficient (Wildman–Crippen LogP) is 1.91. The minimum Gasteiger partial charge on any atom is -0.454 e. The van der Waals surface area contributed by atoms with Gasteiger partial charge in [-0.25, -0.2) is 0 Å². The summed E-state index contributed by atoms with van der Waals surface area (Å²) >= 11 is 0. The van der Waals surface area contributed by atoms with Gasteiger partial charge in [0.05, 0.1) is 0 Å². The largest absolute Gasteiger partial charge is 0.454 e. The molecule has 1 aromatic rings. The van der Waals surface area contributed by atoms with Crippen molar-refractivity contribution in [1.29, 1.82) is 0 Å². The molecule has 1 fully saturated rings. The van der Waals surface area contributed by atoms with E-state index in [1.54, 1.807) is 0 Å². The monoisotopic (exact) mass is 248 g/mol. The Balaban J connectivity index is 1.66. The van der Waals surface area contributed by atoms with Gasteiger partial charge in [-0.2, -0.15) is 0 Å². The fraction of sp³-hybridized carbons (Fsp3) is 0.571. The van der Waals surface area contributed by atoms with Gasteiger partial charge >= 0.3 is 0 Å². The molecule has 1 N–H and O–H groups in total. The lowest BCUT2D eigenvalue weighted by atomic mass is 10.1. The summed E-state index contributed by atoms with van der Waals surface area (Å²) in [6.07, 6.45) is 2.68. The lowest BCUT2D eigenvalue weighted by molar-refractivity contribution is 0.174. The number of hydrogen-bond donors (Lipinski definition) is 1. The summed E-state index contributed by atoms with van der Waals surface area (Å²) < 4.78 is 10.8. The zero-order valence-corrected chi connectivity index (χ0v) is 11.0. The van der Waals surface area contributed by atoms with Crippen LogP contribution in [0.15, 0.2) is 12.1 Å². The molecule has 0 spiro atoms. The van der Waals surface area contributed by atoms with E-state index in [1.807, 2.05) is 0 Å². The second-order valence-corrected chi connectivity index (χ2v) is 5.14. The van der Waals surface area contributed by atoms with Crippen LogP contribution in [-0.2, 0) is 0 Å². The maximum Gasteiger partial charge on any atom is 0.231 e. The summed E-state index contributed by atoms with van der Waals surface area (Å²) in [5.41, 5.74) is 2.45. The van der Waals surface area contributed by atoms with Crippen molar-refractivity contribution in [3.8, 4) is 11.5 Å². The van der Waals surface area contributed by atoms with E-state index in [0.29, 0.717) is 6.79 Å². The first-order chi connectivity index (χ1) is 8.74. The molecule has 1 aromatic carbocycles. The van der Waals surface area contributed by atoms with E-state index in [-0.39, 0.29) is 0 Å². The summed E-state index contributed by atoms with van der Waals surface area (Å²) in [6, 6.07) is 4.91. The molecule has 2 aliphatic rings. The first kappa shape index (κ1) is 11.7. The molecule has 0 radical (unpaired) electrons. The van der Waals surface area contributed by atoms with Crippen LogP contribution in [-0.4, -0.2) is 33.0 Å². The number of nitrogens with zero attached hydrogens (tertiary/aromatic N) is 1. The number of anilines is 1. The highest BCUT2D eigenvalue weighted by atomic mass is 16.7. The normalized spacial score (nSPS) is 17.0. The van der Waals surface area contributed by atoms with E-state index >= 15 is 0 Å². The van der Waals surface area contributed by atoms with Gasteiger partial charge in [0, 0.05) is 37.9 Å². The summed E-state index contributed by atoms with van der Waals surface area (Å²) in [5, 5.41) is 3.53. The number of fused-ring (bicyclic) bond motifs is 1. The van der Waals surface area contributed by atoms with E-state index in [9.17, 15) is 0 Å². The number of benzene rings is 1. The van der Waals surface area contributed by atoms with Gasteiger partial charge in [-0.15, -0.1) is 0 Å². The molecule has 0 aromatic heterocycles. The van der Waals surface area contributed by atoms with Crippen molar-refractivity contribution in [2.75, 3.05) is 31.8 Å². The van der Waals surface area contributed by atoms with Gasteiger partial charge in [0.2, 0.25) is 6.79 Å². The van der Waals surface area contributed by atoms with Gasteiger partial charge in [0.25, 0.3) is 0 Å². The maximum absolute atomic E-state index is 5.43. The average molecular weight is 248 g/mol. The number of likely N-dealkylation sites (N-methyl/N-ethyl adjacent to an activating group) is 1. The number of nitrogens with one attached hydrogen (secondary N) is 1. The van der Waals surface area contributed by atoms with E-state index in [0.717, 1.165) is 30.6 Å². The third kappa shape index (κ3) is 2.38. The van der Waals surface area contributed by atoms with Gasteiger partial charge < -0.3 is 19.7 Å². The van der Waals surface area contributed by atoms with Crippen LogP contribution in [0, 0.1) is 6.92 Å². The lowest BCUT2D eigenvalue weighted by Crippen LogP contribution is -2.30. The van der Waals surface area contributed by atoms with Crippen molar-refractivity contribution < 1.29 is 9.47 Å². The Labute approximate surface area is 108 Å². The zero-order valence-electron chi connectivity index (χ0n) is 11.0. The first-order valence-corrected chi connectivity index (χ1v) is 6.59. The van der Waals surface area contributed by atoms with Gasteiger partial charge in [0.1, 0.15) is 0 Å². The number of rotatable bonds is 5. The molecule has 98 valence electrons. The molecule has 1 aliphatic carbocycles. The van der Waals surface area contributed by atoms with E-state index in [4.69, 9.17) is 9.47 Å². The second kappa shape index (κ2) is 4.69. The molecular formula is C14H20N2O2. The van der Waals surface area contributed by atoms with Crippen LogP contribution in [0.4, 0.5) is 5.69 Å². The van der Waals surface area contributed by atoms with E-state index < -0.39 is 0 Å². The topological polar surface area (TPSA) is 33.7 Å². The molecule has 0 unspecified atom stereocenters. The Morgan fingerprint density at radius 3 is 2.72 bits per heavy atom. The van der Waals surface area contributed by atoms with Crippen molar-refractivity contribution in [3.63, 3.8) is 0 Å². The standard InChI is InChI=1S/C14H20N2O2/c1-10-7-13-14(18-9-17-13)8-12(10)16(2)6-5-15-11-3-4-11/h7-8,11,15H,3-6,9H2,1-2H3. The number of ether oxygens (including phenoxy) is 2. The van der Waals surface area contributed by atoms with Crippen molar-refractivity contribution in [2.24, 2.45) is 0 Å². The quantitative estimate of drug-likeness (QED) is 0.863. The molecule has 1 heterocycles. The molecule has 1 saturated carbocycles. The summed E-state index contributed by atoms with van der Waals surface area (Å²) in [5.74, 6) is 1.72.